The van der Waals surface area contributed by atoms with Crippen LogP contribution in [0, 0.1) is 0 Å². The molecule has 5 heteroatoms. The van der Waals surface area contributed by atoms with Crippen molar-refractivity contribution >= 4 is 6.21 Å². The molecule has 1 atom stereocenters. The van der Waals surface area contributed by atoms with E-state index in [1.165, 1.54) is 7.11 Å². The number of aliphatic imine (C=N–C) groups is 1. The third kappa shape index (κ3) is 4.26. The number of para-hydroxylation sites is 1. The van der Waals surface area contributed by atoms with E-state index in [0.717, 1.165) is 11.3 Å². The molecule has 128 valence electrons. The molecule has 0 radical (unpaired) electrons. The molecule has 0 fully saturated rings. The van der Waals surface area contributed by atoms with Gasteiger partial charge in [0.2, 0.25) is 0 Å². The molecule has 2 aromatic rings. The monoisotopic (exact) mass is 328 g/mol. The topological polar surface area (TPSA) is 54.3 Å². The van der Waals surface area contributed by atoms with Gasteiger partial charge in [0.05, 0.1) is 26.8 Å². The first-order valence-electron chi connectivity index (χ1n) is 7.73. The number of hydrogen-bond acceptors (Lipinski definition) is 5. The first-order chi connectivity index (χ1) is 11.6. The van der Waals surface area contributed by atoms with Crippen molar-refractivity contribution in [1.82, 2.24) is 4.90 Å². The average molecular weight is 328 g/mol. The molecular formula is C19H24N2O3. The van der Waals surface area contributed by atoms with Gasteiger partial charge >= 0.3 is 0 Å². The Morgan fingerprint density at radius 1 is 1.12 bits per heavy atom. The second-order valence-corrected chi connectivity index (χ2v) is 5.65. The molecule has 0 spiro atoms. The van der Waals surface area contributed by atoms with Gasteiger partial charge in [0, 0.05) is 11.8 Å². The highest BCUT2D eigenvalue weighted by molar-refractivity contribution is 5.84. The fraction of sp³-hybridized carbons (Fsp3) is 0.316. The van der Waals surface area contributed by atoms with E-state index >= 15 is 0 Å². The largest absolute Gasteiger partial charge is 0.504 e. The van der Waals surface area contributed by atoms with Gasteiger partial charge < -0.3 is 19.5 Å². The third-order valence-electron chi connectivity index (χ3n) is 3.86. The molecule has 1 N–H and O–H groups in total. The lowest BCUT2D eigenvalue weighted by Gasteiger charge is -2.23. The average Bonchev–Trinajstić information content (AvgIpc) is 2.59. The number of ether oxygens (including phenoxy) is 2. The van der Waals surface area contributed by atoms with E-state index < -0.39 is 0 Å². The van der Waals surface area contributed by atoms with E-state index in [1.807, 2.05) is 38.4 Å². The Hall–Kier alpha value is -2.53. The van der Waals surface area contributed by atoms with Crippen LogP contribution >= 0.6 is 0 Å². The normalized spacial score (nSPS) is 12.5. The number of rotatable bonds is 7. The van der Waals surface area contributed by atoms with Gasteiger partial charge in [-0.3, -0.25) is 4.99 Å². The number of aromatic hydroxyl groups is 1. The highest BCUT2D eigenvalue weighted by Gasteiger charge is 2.14. The fourth-order valence-electron chi connectivity index (χ4n) is 2.47. The van der Waals surface area contributed by atoms with Crippen LogP contribution in [-0.2, 0) is 0 Å². The zero-order valence-electron chi connectivity index (χ0n) is 14.6. The van der Waals surface area contributed by atoms with Crippen molar-refractivity contribution in [3.05, 3.63) is 53.6 Å². The van der Waals surface area contributed by atoms with Crippen molar-refractivity contribution in [2.75, 3.05) is 34.9 Å². The van der Waals surface area contributed by atoms with Crippen LogP contribution in [0.15, 0.2) is 47.5 Å². The van der Waals surface area contributed by atoms with Crippen molar-refractivity contribution in [2.45, 2.75) is 6.04 Å². The Balaban J connectivity index is 2.17. The van der Waals surface area contributed by atoms with Crippen molar-refractivity contribution in [1.29, 1.82) is 0 Å². The molecule has 2 rings (SSSR count). The van der Waals surface area contributed by atoms with Gasteiger partial charge in [0.1, 0.15) is 5.75 Å². The van der Waals surface area contributed by atoms with Crippen LogP contribution in [-0.4, -0.2) is 51.1 Å². The van der Waals surface area contributed by atoms with Gasteiger partial charge in [-0.2, -0.15) is 0 Å². The van der Waals surface area contributed by atoms with Gasteiger partial charge in [0.15, 0.2) is 11.5 Å². The number of phenolic OH excluding ortho intramolecular Hbond substituents is 1. The summed E-state index contributed by atoms with van der Waals surface area (Å²) in [7, 11) is 7.22. The summed E-state index contributed by atoms with van der Waals surface area (Å²) in [6, 6.07) is 13.4. The van der Waals surface area contributed by atoms with Gasteiger partial charge in [-0.15, -0.1) is 0 Å². The van der Waals surface area contributed by atoms with Gasteiger partial charge in [0.25, 0.3) is 0 Å². The molecule has 0 unspecified atom stereocenters. The maximum Gasteiger partial charge on any atom is 0.166 e. The molecule has 0 aliphatic heterocycles. The van der Waals surface area contributed by atoms with Crippen molar-refractivity contribution in [3.63, 3.8) is 0 Å². The van der Waals surface area contributed by atoms with Crippen LogP contribution in [0.5, 0.6) is 17.2 Å². The van der Waals surface area contributed by atoms with Crippen LogP contribution in [0.1, 0.15) is 17.2 Å². The molecule has 24 heavy (non-hydrogen) atoms. The molecule has 0 bridgehead atoms. The summed E-state index contributed by atoms with van der Waals surface area (Å²) < 4.78 is 10.4. The number of benzene rings is 2. The van der Waals surface area contributed by atoms with E-state index in [-0.39, 0.29) is 11.8 Å². The van der Waals surface area contributed by atoms with Crippen LogP contribution in [0.3, 0.4) is 0 Å². The van der Waals surface area contributed by atoms with Crippen LogP contribution in [0.25, 0.3) is 0 Å². The summed E-state index contributed by atoms with van der Waals surface area (Å²) in [6.45, 7) is 0.566. The minimum absolute atomic E-state index is 0.103. The molecule has 2 aromatic carbocycles. The molecule has 5 nitrogen and oxygen atoms in total. The zero-order chi connectivity index (χ0) is 17.5. The summed E-state index contributed by atoms with van der Waals surface area (Å²) in [6.07, 6.45) is 1.68. The second-order valence-electron chi connectivity index (χ2n) is 5.65. The number of methoxy groups -OCH3 is 2. The molecule has 0 saturated carbocycles. The first-order valence-corrected chi connectivity index (χ1v) is 7.73. The highest BCUT2D eigenvalue weighted by atomic mass is 16.5. The molecule has 0 aliphatic rings. The van der Waals surface area contributed by atoms with Gasteiger partial charge in [-0.1, -0.05) is 18.2 Å². The van der Waals surface area contributed by atoms with Crippen molar-refractivity contribution in [2.24, 2.45) is 4.99 Å². The van der Waals surface area contributed by atoms with Crippen molar-refractivity contribution in [3.8, 4) is 17.2 Å². The Kier molecular flexibility index (Phi) is 6.21. The standard InChI is InChI=1S/C19H24N2O3/c1-21(2)17(14-7-5-9-16(11-14)23-3)13-20-12-15-8-6-10-18(24-4)19(15)22/h5-12,17,22H,13H2,1-4H3/t17-/m1/s1. The highest BCUT2D eigenvalue weighted by Crippen LogP contribution is 2.28. The van der Waals surface area contributed by atoms with Crippen LogP contribution < -0.4 is 9.47 Å². The van der Waals surface area contributed by atoms with E-state index in [9.17, 15) is 5.11 Å². The number of phenols is 1. The minimum Gasteiger partial charge on any atom is -0.504 e. The summed E-state index contributed by atoms with van der Waals surface area (Å²) in [5.41, 5.74) is 1.77. The Labute approximate surface area is 143 Å². The van der Waals surface area contributed by atoms with E-state index in [1.54, 1.807) is 25.5 Å². The van der Waals surface area contributed by atoms with E-state index in [4.69, 9.17) is 9.47 Å². The fourth-order valence-corrected chi connectivity index (χ4v) is 2.47. The van der Waals surface area contributed by atoms with Crippen molar-refractivity contribution < 1.29 is 14.6 Å². The lowest BCUT2D eigenvalue weighted by molar-refractivity contribution is 0.305. The van der Waals surface area contributed by atoms with E-state index in [0.29, 0.717) is 17.9 Å². The van der Waals surface area contributed by atoms with Crippen LogP contribution in [0.2, 0.25) is 0 Å². The lowest BCUT2D eigenvalue weighted by atomic mass is 10.1. The Morgan fingerprint density at radius 3 is 2.54 bits per heavy atom. The number of nitrogens with zero attached hydrogens (tertiary/aromatic N) is 2. The Bertz CT molecular complexity index is 699. The smallest absolute Gasteiger partial charge is 0.166 e. The first kappa shape index (κ1) is 17.8. The summed E-state index contributed by atoms with van der Waals surface area (Å²) in [5, 5.41) is 10.1. The molecular weight excluding hydrogens is 304 g/mol. The maximum absolute atomic E-state index is 10.1. The third-order valence-corrected chi connectivity index (χ3v) is 3.86. The zero-order valence-corrected chi connectivity index (χ0v) is 14.6. The predicted molar refractivity (Wildman–Crippen MR) is 96.5 cm³/mol. The number of likely N-dealkylation sites (N-methyl/N-ethyl adjacent to an activating group) is 1. The SMILES string of the molecule is COc1cccc([C@@H](CN=Cc2cccc(OC)c2O)N(C)C)c1. The summed E-state index contributed by atoms with van der Waals surface area (Å²) in [5.74, 6) is 1.37. The minimum atomic E-state index is 0.103. The summed E-state index contributed by atoms with van der Waals surface area (Å²) >= 11 is 0. The van der Waals surface area contributed by atoms with Crippen LogP contribution in [0.4, 0.5) is 0 Å². The Morgan fingerprint density at radius 2 is 1.88 bits per heavy atom. The lowest BCUT2D eigenvalue weighted by Crippen LogP contribution is -2.22. The molecule has 0 aromatic heterocycles. The predicted octanol–water partition coefficient (Wildman–Crippen LogP) is 3.13. The summed E-state index contributed by atoms with van der Waals surface area (Å²) in [4.78, 5) is 6.62. The molecule has 0 heterocycles. The van der Waals surface area contributed by atoms with Gasteiger partial charge in [-0.25, -0.2) is 0 Å². The molecule has 0 saturated heterocycles. The molecule has 0 amide bonds. The quantitative estimate of drug-likeness (QED) is 0.794. The number of hydrogen-bond donors (Lipinski definition) is 1. The second kappa shape index (κ2) is 8.36. The molecule has 0 aliphatic carbocycles. The maximum atomic E-state index is 10.1. The van der Waals surface area contributed by atoms with Gasteiger partial charge in [-0.05, 0) is 43.9 Å². The van der Waals surface area contributed by atoms with E-state index in [2.05, 4.69) is 16.0 Å².